The Morgan fingerprint density at radius 3 is 1.29 bits per heavy atom. The van der Waals surface area contributed by atoms with Gasteiger partial charge < -0.3 is 59.3 Å². The van der Waals surface area contributed by atoms with Gasteiger partial charge in [-0.15, -0.1) is 0 Å². The van der Waals surface area contributed by atoms with Crippen LogP contribution in [0.25, 0.3) is 82.6 Å². The zero-order chi connectivity index (χ0) is 60.0. The van der Waals surface area contributed by atoms with Crippen molar-refractivity contribution in [1.29, 1.82) is 0 Å². The average Bonchev–Trinajstić information content (AvgIpc) is 3.72. The molecule has 87 heavy (non-hydrogen) atoms. The predicted octanol–water partition coefficient (Wildman–Crippen LogP) is 13.4. The Morgan fingerprint density at radius 2 is 0.816 bits per heavy atom. The van der Waals surface area contributed by atoms with Crippen molar-refractivity contribution in [1.82, 2.24) is 24.9 Å². The summed E-state index contributed by atoms with van der Waals surface area (Å²) in [5, 5.41) is 39.8. The standard InChI is InChI=1S/C20H17NO2.C18H15NO4.C17H13NO4.C15H12N2O2/c22-20(23)11-17-12-21-19-8-7-16(10-18(17)19)15-6-5-13-3-1-2-4-14(13)9-15;20-18(21)9-13-10-19-15-3-1-11(7-14(13)15)12-2-4-16-17(8-12)23-6-5-22-16;19-17(20)7-12-8-18-14-3-1-10(5-13(12)14)11-2-4-15-16(6-11)22-9-21-15;18-15(19)7-12-9-17-14-4-3-10(6-13(12)14)11-2-1-5-16-8-11/h1-10,12-14,21H,11H2,(H,22,23);1-4,7-8,10,19H,5-6,9H2,(H,20,21);1-6,8,18H,7,9H2,(H,19,20);1-6,8-9,17H,7H2,(H,18,19). The topological polar surface area (TPSA) is 262 Å². The number of aromatic amines is 4. The van der Waals surface area contributed by atoms with Gasteiger partial charge in [-0.2, -0.15) is 0 Å². The van der Waals surface area contributed by atoms with Crippen LogP contribution in [0.3, 0.4) is 0 Å². The van der Waals surface area contributed by atoms with Crippen molar-refractivity contribution in [2.45, 2.75) is 25.7 Å². The van der Waals surface area contributed by atoms with Gasteiger partial charge in [-0.05, 0) is 140 Å². The van der Waals surface area contributed by atoms with Crippen molar-refractivity contribution in [3.8, 4) is 56.4 Å². The second-order valence-electron chi connectivity index (χ2n) is 21.2. The lowest BCUT2D eigenvalue weighted by Crippen LogP contribution is -2.15. The number of carbonyl (C=O) groups is 4. The zero-order valence-electron chi connectivity index (χ0n) is 46.7. The first-order chi connectivity index (χ1) is 42.3. The number of carboxylic acid groups (broad SMARTS) is 4. The number of hydrogen-bond donors (Lipinski definition) is 8. The normalized spacial score (nSPS) is 14.9. The second kappa shape index (κ2) is 24.9. The van der Waals surface area contributed by atoms with Gasteiger partial charge in [0.25, 0.3) is 0 Å². The molecule has 8 N–H and O–H groups in total. The third-order valence-corrected chi connectivity index (χ3v) is 15.4. The fourth-order valence-corrected chi connectivity index (χ4v) is 11.2. The molecule has 434 valence electrons. The Bertz CT molecular complexity index is 4560. The number of fused-ring (bicyclic) bond motifs is 7. The first-order valence-corrected chi connectivity index (χ1v) is 28.1. The van der Waals surface area contributed by atoms with Crippen molar-refractivity contribution in [3.63, 3.8) is 0 Å². The number of nitrogens with zero attached hydrogens (tertiary/aromatic N) is 1. The minimum absolute atomic E-state index is 0.00456. The van der Waals surface area contributed by atoms with E-state index in [1.54, 1.807) is 37.2 Å². The third-order valence-electron chi connectivity index (χ3n) is 15.4. The van der Waals surface area contributed by atoms with Gasteiger partial charge in [0.15, 0.2) is 23.0 Å². The molecule has 7 heterocycles. The van der Waals surface area contributed by atoms with Crippen molar-refractivity contribution < 1.29 is 58.6 Å². The van der Waals surface area contributed by atoms with Crippen LogP contribution in [-0.2, 0) is 44.9 Å². The molecule has 5 aromatic heterocycles. The summed E-state index contributed by atoms with van der Waals surface area (Å²) in [7, 11) is 0. The van der Waals surface area contributed by atoms with Crippen LogP contribution in [0.2, 0.25) is 0 Å². The van der Waals surface area contributed by atoms with Gasteiger partial charge in [0, 0.05) is 98.2 Å². The molecule has 0 amide bonds. The monoisotopic (exact) mass is 1160 g/mol. The maximum Gasteiger partial charge on any atom is 0.307 e. The Balaban J connectivity index is 0.000000114. The van der Waals surface area contributed by atoms with E-state index in [1.165, 1.54) is 5.57 Å². The van der Waals surface area contributed by atoms with Crippen molar-refractivity contribution >= 4 is 73.1 Å². The number of pyridine rings is 1. The first kappa shape index (κ1) is 56.2. The van der Waals surface area contributed by atoms with E-state index in [1.807, 2.05) is 109 Å². The number of rotatable bonds is 12. The molecule has 17 nitrogen and oxygen atoms in total. The highest BCUT2D eigenvalue weighted by molar-refractivity contribution is 5.94. The molecule has 11 aromatic rings. The highest BCUT2D eigenvalue weighted by atomic mass is 16.7. The molecule has 0 radical (unpaired) electrons. The summed E-state index contributed by atoms with van der Waals surface area (Å²) in [6.07, 6.45) is 26.0. The van der Waals surface area contributed by atoms with Gasteiger partial charge >= 0.3 is 23.9 Å². The van der Waals surface area contributed by atoms with Crippen LogP contribution in [-0.4, -0.2) is 89.2 Å². The van der Waals surface area contributed by atoms with Gasteiger partial charge in [0.2, 0.25) is 6.79 Å². The van der Waals surface area contributed by atoms with Gasteiger partial charge in [0.05, 0.1) is 25.7 Å². The summed E-state index contributed by atoms with van der Waals surface area (Å²) in [5.74, 6) is 0.522. The van der Waals surface area contributed by atoms with Crippen LogP contribution in [0.4, 0.5) is 0 Å². The number of nitrogens with one attached hydrogen (secondary N) is 4. The largest absolute Gasteiger partial charge is 0.486 e. The Labute approximate surface area is 497 Å². The number of carboxylic acids is 4. The average molecular weight is 1160 g/mol. The smallest absolute Gasteiger partial charge is 0.307 e. The van der Waals surface area contributed by atoms with Crippen LogP contribution >= 0.6 is 0 Å². The van der Waals surface area contributed by atoms with E-state index in [0.717, 1.165) is 128 Å². The molecule has 17 heteroatoms. The molecular weight excluding hydrogens is 1100 g/mol. The summed E-state index contributed by atoms with van der Waals surface area (Å²) >= 11 is 0. The van der Waals surface area contributed by atoms with E-state index in [0.29, 0.717) is 25.0 Å². The molecule has 2 aliphatic carbocycles. The third kappa shape index (κ3) is 12.8. The minimum Gasteiger partial charge on any atom is -0.486 e. The van der Waals surface area contributed by atoms with E-state index in [4.69, 9.17) is 39.4 Å². The van der Waals surface area contributed by atoms with E-state index >= 15 is 0 Å². The van der Waals surface area contributed by atoms with Crippen molar-refractivity contribution in [2.24, 2.45) is 11.8 Å². The van der Waals surface area contributed by atoms with Gasteiger partial charge in [-0.1, -0.05) is 85.0 Å². The first-order valence-electron chi connectivity index (χ1n) is 28.1. The SMILES string of the molecule is O=C(O)Cc1c[nH]c2ccc(-c3ccc4c(c3)OCCO4)cc12.O=C(O)Cc1c[nH]c2ccc(-c3ccc4c(c3)OCO4)cc12.O=C(O)Cc1c[nH]c2ccc(-c3cccnc3)cc12.O=C(O)Cc1c[nH]c2ccc(C3=CC4C=CC=CC4C=C3)cc12. The van der Waals surface area contributed by atoms with E-state index in [-0.39, 0.29) is 32.5 Å². The second-order valence-corrected chi connectivity index (χ2v) is 21.2. The highest BCUT2D eigenvalue weighted by Crippen LogP contribution is 2.39. The van der Waals surface area contributed by atoms with Gasteiger partial charge in [0.1, 0.15) is 13.2 Å². The van der Waals surface area contributed by atoms with E-state index in [9.17, 15) is 19.2 Å². The molecule has 2 unspecified atom stereocenters. The molecule has 15 rings (SSSR count). The number of aliphatic carboxylic acids is 4. The fraction of sp³-hybridized carbons (Fsp3) is 0.129. The maximum absolute atomic E-state index is 11.0. The number of hydrogen-bond acceptors (Lipinski definition) is 9. The molecule has 2 aliphatic heterocycles. The van der Waals surface area contributed by atoms with Crippen LogP contribution in [0.1, 0.15) is 27.8 Å². The quantitative estimate of drug-likeness (QED) is 0.0567. The lowest BCUT2D eigenvalue weighted by Gasteiger charge is -2.23. The Morgan fingerprint density at radius 1 is 0.425 bits per heavy atom. The summed E-state index contributed by atoms with van der Waals surface area (Å²) in [6.45, 7) is 1.37. The molecule has 0 fully saturated rings. The van der Waals surface area contributed by atoms with Crippen LogP contribution < -0.4 is 18.9 Å². The molecule has 0 saturated heterocycles. The molecule has 0 bridgehead atoms. The Hall–Kier alpha value is -11.3. The van der Waals surface area contributed by atoms with Crippen LogP contribution in [0.15, 0.2) is 201 Å². The highest BCUT2D eigenvalue weighted by Gasteiger charge is 2.21. The van der Waals surface area contributed by atoms with Crippen molar-refractivity contribution in [3.05, 3.63) is 229 Å². The zero-order valence-corrected chi connectivity index (χ0v) is 46.7. The summed E-state index contributed by atoms with van der Waals surface area (Å²) < 4.78 is 21.9. The number of benzene rings is 6. The Kier molecular flexibility index (Phi) is 16.1. The number of ether oxygens (including phenoxy) is 4. The van der Waals surface area contributed by atoms with Gasteiger partial charge in [-0.3, -0.25) is 24.2 Å². The molecule has 2 atom stereocenters. The lowest BCUT2D eigenvalue weighted by molar-refractivity contribution is -0.137. The maximum atomic E-state index is 11.0. The van der Waals surface area contributed by atoms with E-state index in [2.05, 4.69) is 79.6 Å². The number of aromatic nitrogens is 5. The minimum atomic E-state index is -0.839. The summed E-state index contributed by atoms with van der Waals surface area (Å²) in [5.41, 5.74) is 15.4. The summed E-state index contributed by atoms with van der Waals surface area (Å²) in [6, 6.07) is 39.6. The molecule has 0 spiro atoms. The molecule has 6 aromatic carbocycles. The van der Waals surface area contributed by atoms with Crippen molar-refractivity contribution in [2.75, 3.05) is 20.0 Å². The molecule has 4 aliphatic rings. The molecular formula is C70H57N5O12. The molecule has 0 saturated carbocycles. The summed E-state index contributed by atoms with van der Waals surface area (Å²) in [4.78, 5) is 60.3. The van der Waals surface area contributed by atoms with Crippen LogP contribution in [0, 0.1) is 11.8 Å². The predicted molar refractivity (Wildman–Crippen MR) is 332 cm³/mol. The van der Waals surface area contributed by atoms with E-state index < -0.39 is 23.9 Å². The fourth-order valence-electron chi connectivity index (χ4n) is 11.2. The number of allylic oxidation sites excluding steroid dienone is 8. The lowest BCUT2D eigenvalue weighted by atomic mass is 9.81. The number of H-pyrrole nitrogens is 4. The van der Waals surface area contributed by atoms with Gasteiger partial charge in [-0.25, -0.2) is 0 Å². The van der Waals surface area contributed by atoms with Crippen LogP contribution in [0.5, 0.6) is 23.0 Å².